The van der Waals surface area contributed by atoms with Gasteiger partial charge in [0.25, 0.3) is 0 Å². The fraction of sp³-hybridized carbons (Fsp3) is 0.143. The van der Waals surface area contributed by atoms with Gasteiger partial charge in [-0.3, -0.25) is 0 Å². The summed E-state index contributed by atoms with van der Waals surface area (Å²) in [6, 6.07) is 8.27. The molecule has 19 heavy (non-hydrogen) atoms. The van der Waals surface area contributed by atoms with Crippen LogP contribution in [0.1, 0.15) is 11.1 Å². The first-order valence-corrected chi connectivity index (χ1v) is 6.11. The SMILES string of the molecule is Nc1ncc(CN2CC=Cc3ccccc32)c(N)n1. The Morgan fingerprint density at radius 1 is 1.21 bits per heavy atom. The number of nitrogens with two attached hydrogens (primary N) is 2. The average molecular weight is 253 g/mol. The van der Waals surface area contributed by atoms with Crippen LogP contribution in [0.25, 0.3) is 6.08 Å². The number of hydrogen-bond donors (Lipinski definition) is 2. The largest absolute Gasteiger partial charge is 0.383 e. The van der Waals surface area contributed by atoms with Crippen molar-refractivity contribution in [2.45, 2.75) is 6.54 Å². The van der Waals surface area contributed by atoms with Gasteiger partial charge in [0, 0.05) is 30.5 Å². The van der Waals surface area contributed by atoms with Crippen molar-refractivity contribution < 1.29 is 0 Å². The summed E-state index contributed by atoms with van der Waals surface area (Å²) < 4.78 is 0. The Morgan fingerprint density at radius 3 is 2.89 bits per heavy atom. The third-order valence-corrected chi connectivity index (χ3v) is 3.18. The number of fused-ring (bicyclic) bond motifs is 1. The molecule has 0 atom stereocenters. The molecule has 2 aromatic rings. The second kappa shape index (κ2) is 4.61. The highest BCUT2D eigenvalue weighted by Crippen LogP contribution is 2.27. The molecule has 0 saturated heterocycles. The van der Waals surface area contributed by atoms with Crippen LogP contribution in [0.3, 0.4) is 0 Å². The van der Waals surface area contributed by atoms with E-state index in [1.807, 2.05) is 12.1 Å². The van der Waals surface area contributed by atoms with E-state index in [0.717, 1.165) is 12.1 Å². The molecular weight excluding hydrogens is 238 g/mol. The van der Waals surface area contributed by atoms with Crippen LogP contribution < -0.4 is 16.4 Å². The van der Waals surface area contributed by atoms with E-state index in [0.29, 0.717) is 12.4 Å². The molecule has 2 heterocycles. The molecule has 0 amide bonds. The smallest absolute Gasteiger partial charge is 0.221 e. The topological polar surface area (TPSA) is 81.1 Å². The first-order chi connectivity index (χ1) is 9.24. The molecule has 5 nitrogen and oxygen atoms in total. The maximum absolute atomic E-state index is 5.88. The number of nitrogens with zero attached hydrogens (tertiary/aromatic N) is 3. The number of benzene rings is 1. The highest BCUT2D eigenvalue weighted by molar-refractivity contribution is 5.71. The standard InChI is InChI=1S/C14H15N5/c15-13-11(8-17-14(16)18-13)9-19-7-3-5-10-4-1-2-6-12(10)19/h1-6,8H,7,9H2,(H4,15,16,17,18). The second-order valence-corrected chi connectivity index (χ2v) is 4.48. The Balaban J connectivity index is 1.90. The van der Waals surface area contributed by atoms with Gasteiger partial charge >= 0.3 is 0 Å². The summed E-state index contributed by atoms with van der Waals surface area (Å²) >= 11 is 0. The van der Waals surface area contributed by atoms with Gasteiger partial charge in [0.2, 0.25) is 5.95 Å². The lowest BCUT2D eigenvalue weighted by Crippen LogP contribution is -2.26. The maximum Gasteiger partial charge on any atom is 0.221 e. The van der Waals surface area contributed by atoms with Gasteiger partial charge in [-0.1, -0.05) is 30.4 Å². The highest BCUT2D eigenvalue weighted by atomic mass is 15.1. The summed E-state index contributed by atoms with van der Waals surface area (Å²) in [6.45, 7) is 1.52. The van der Waals surface area contributed by atoms with Crippen LogP contribution in [-0.4, -0.2) is 16.5 Å². The van der Waals surface area contributed by atoms with E-state index < -0.39 is 0 Å². The van der Waals surface area contributed by atoms with E-state index in [-0.39, 0.29) is 5.95 Å². The normalized spacial score (nSPS) is 13.4. The van der Waals surface area contributed by atoms with E-state index in [4.69, 9.17) is 11.5 Å². The van der Waals surface area contributed by atoms with Crippen molar-refractivity contribution in [3.63, 3.8) is 0 Å². The molecular formula is C14H15N5. The quantitative estimate of drug-likeness (QED) is 0.851. The molecule has 1 aliphatic rings. The van der Waals surface area contributed by atoms with Crippen LogP contribution in [-0.2, 0) is 6.54 Å². The maximum atomic E-state index is 5.88. The molecule has 0 spiro atoms. The summed E-state index contributed by atoms with van der Waals surface area (Å²) in [4.78, 5) is 10.2. The molecule has 1 aromatic carbocycles. The Labute approximate surface area is 111 Å². The van der Waals surface area contributed by atoms with Crippen LogP contribution in [0, 0.1) is 0 Å². The number of aromatic nitrogens is 2. The average Bonchev–Trinajstić information content (AvgIpc) is 2.42. The summed E-state index contributed by atoms with van der Waals surface area (Å²) in [5, 5.41) is 0. The lowest BCUT2D eigenvalue weighted by atomic mass is 10.1. The highest BCUT2D eigenvalue weighted by Gasteiger charge is 2.14. The predicted molar refractivity (Wildman–Crippen MR) is 77.4 cm³/mol. The molecule has 0 bridgehead atoms. The predicted octanol–water partition coefficient (Wildman–Crippen LogP) is 1.67. The van der Waals surface area contributed by atoms with E-state index >= 15 is 0 Å². The van der Waals surface area contributed by atoms with Crippen LogP contribution in [0.2, 0.25) is 0 Å². The summed E-state index contributed by atoms with van der Waals surface area (Å²) in [5.41, 5.74) is 14.7. The minimum absolute atomic E-state index is 0.209. The van der Waals surface area contributed by atoms with Crippen molar-refractivity contribution in [3.8, 4) is 0 Å². The van der Waals surface area contributed by atoms with Crippen molar-refractivity contribution in [1.82, 2.24) is 9.97 Å². The van der Waals surface area contributed by atoms with E-state index in [1.165, 1.54) is 11.3 Å². The fourth-order valence-electron chi connectivity index (χ4n) is 2.23. The van der Waals surface area contributed by atoms with Gasteiger partial charge in [0.05, 0.1) is 0 Å². The minimum Gasteiger partial charge on any atom is -0.383 e. The van der Waals surface area contributed by atoms with Crippen LogP contribution in [0.5, 0.6) is 0 Å². The van der Waals surface area contributed by atoms with Gasteiger partial charge < -0.3 is 16.4 Å². The van der Waals surface area contributed by atoms with Crippen LogP contribution in [0.15, 0.2) is 36.5 Å². The molecule has 0 aliphatic carbocycles. The zero-order valence-electron chi connectivity index (χ0n) is 10.5. The molecule has 0 fully saturated rings. The van der Waals surface area contributed by atoms with E-state index in [1.54, 1.807) is 6.20 Å². The van der Waals surface area contributed by atoms with E-state index in [2.05, 4.69) is 39.2 Å². The molecule has 5 heteroatoms. The van der Waals surface area contributed by atoms with Crippen LogP contribution >= 0.6 is 0 Å². The first kappa shape index (κ1) is 11.5. The molecule has 1 aromatic heterocycles. The molecule has 96 valence electrons. The second-order valence-electron chi connectivity index (χ2n) is 4.48. The van der Waals surface area contributed by atoms with Gasteiger partial charge in [-0.2, -0.15) is 4.98 Å². The lowest BCUT2D eigenvalue weighted by molar-refractivity contribution is 0.853. The Kier molecular flexibility index (Phi) is 2.79. The zero-order chi connectivity index (χ0) is 13.2. The molecule has 0 unspecified atom stereocenters. The number of nitrogen functional groups attached to an aromatic ring is 2. The Hall–Kier alpha value is -2.56. The molecule has 3 rings (SSSR count). The van der Waals surface area contributed by atoms with Crippen molar-refractivity contribution >= 4 is 23.5 Å². The van der Waals surface area contributed by atoms with Gasteiger partial charge in [0.15, 0.2) is 0 Å². The van der Waals surface area contributed by atoms with Crippen molar-refractivity contribution in [3.05, 3.63) is 47.7 Å². The number of rotatable bonds is 2. The molecule has 0 radical (unpaired) electrons. The van der Waals surface area contributed by atoms with Gasteiger partial charge in [-0.25, -0.2) is 4.98 Å². The zero-order valence-corrected chi connectivity index (χ0v) is 10.5. The number of hydrogen-bond acceptors (Lipinski definition) is 5. The van der Waals surface area contributed by atoms with Gasteiger partial charge in [-0.05, 0) is 11.6 Å². The van der Waals surface area contributed by atoms with E-state index in [9.17, 15) is 0 Å². The van der Waals surface area contributed by atoms with Gasteiger partial charge in [0.1, 0.15) is 5.82 Å². The minimum atomic E-state index is 0.209. The van der Waals surface area contributed by atoms with Crippen molar-refractivity contribution in [2.24, 2.45) is 0 Å². The third-order valence-electron chi connectivity index (χ3n) is 3.18. The summed E-state index contributed by atoms with van der Waals surface area (Å²) in [6.07, 6.45) is 5.96. The lowest BCUT2D eigenvalue weighted by Gasteiger charge is -2.28. The molecule has 1 aliphatic heterocycles. The number of para-hydroxylation sites is 1. The Morgan fingerprint density at radius 2 is 2.05 bits per heavy atom. The van der Waals surface area contributed by atoms with Crippen molar-refractivity contribution in [1.29, 1.82) is 0 Å². The molecule has 4 N–H and O–H groups in total. The first-order valence-electron chi connectivity index (χ1n) is 6.11. The summed E-state index contributed by atoms with van der Waals surface area (Å²) in [5.74, 6) is 0.653. The Bertz CT molecular complexity index is 635. The van der Waals surface area contributed by atoms with Crippen LogP contribution in [0.4, 0.5) is 17.5 Å². The monoisotopic (exact) mass is 253 g/mol. The fourth-order valence-corrected chi connectivity index (χ4v) is 2.23. The van der Waals surface area contributed by atoms with Crippen molar-refractivity contribution in [2.75, 3.05) is 22.9 Å². The van der Waals surface area contributed by atoms with Gasteiger partial charge in [-0.15, -0.1) is 0 Å². The number of anilines is 3. The summed E-state index contributed by atoms with van der Waals surface area (Å²) in [7, 11) is 0. The third kappa shape index (κ3) is 2.22. The molecule has 0 saturated carbocycles.